The second-order valence-corrected chi connectivity index (χ2v) is 10.6. The van der Waals surface area contributed by atoms with Gasteiger partial charge in [0.05, 0.1) is 0 Å². The molecule has 208 valence electrons. The SMILES string of the molecule is CC(C)CCNC(=O)[C@@H](c1cccs1)N(C(=O)Cn1nnc(-c2ccc(F)cc2)n1)c1ccc2c(c1)OCCO2. The van der Waals surface area contributed by atoms with Gasteiger partial charge < -0.3 is 14.8 Å². The first-order chi connectivity index (χ1) is 19.4. The lowest BCUT2D eigenvalue weighted by Gasteiger charge is -2.31. The number of aromatic nitrogens is 4. The van der Waals surface area contributed by atoms with Crippen LogP contribution >= 0.6 is 11.3 Å². The fraction of sp³-hybridized carbons (Fsp3) is 0.321. The number of rotatable bonds is 10. The zero-order chi connectivity index (χ0) is 28.1. The van der Waals surface area contributed by atoms with Crippen LogP contribution in [-0.2, 0) is 16.1 Å². The van der Waals surface area contributed by atoms with E-state index in [1.807, 2.05) is 17.5 Å². The molecule has 4 aromatic rings. The summed E-state index contributed by atoms with van der Waals surface area (Å²) in [4.78, 5) is 31.0. The second-order valence-electron chi connectivity index (χ2n) is 9.63. The number of carbonyl (C=O) groups is 2. The summed E-state index contributed by atoms with van der Waals surface area (Å²) in [6.07, 6.45) is 0.801. The maximum Gasteiger partial charge on any atom is 0.251 e. The Morgan fingerprint density at radius 3 is 2.60 bits per heavy atom. The molecular formula is C28H29FN6O4S. The molecule has 0 bridgehead atoms. The van der Waals surface area contributed by atoms with Gasteiger partial charge in [0, 0.05) is 28.7 Å². The number of carbonyl (C=O) groups excluding carboxylic acids is 2. The predicted octanol–water partition coefficient (Wildman–Crippen LogP) is 4.25. The Labute approximate surface area is 234 Å². The van der Waals surface area contributed by atoms with Crippen molar-refractivity contribution < 1.29 is 23.5 Å². The maximum absolute atomic E-state index is 14.0. The largest absolute Gasteiger partial charge is 0.486 e. The van der Waals surface area contributed by atoms with Gasteiger partial charge in [-0.05, 0) is 65.4 Å². The van der Waals surface area contributed by atoms with E-state index in [1.165, 1.54) is 40.5 Å². The summed E-state index contributed by atoms with van der Waals surface area (Å²) in [5, 5.41) is 17.2. The van der Waals surface area contributed by atoms with Crippen LogP contribution in [0.2, 0.25) is 0 Å². The minimum absolute atomic E-state index is 0.250. The summed E-state index contributed by atoms with van der Waals surface area (Å²) < 4.78 is 24.8. The van der Waals surface area contributed by atoms with Crippen molar-refractivity contribution in [1.82, 2.24) is 25.5 Å². The third-order valence-electron chi connectivity index (χ3n) is 6.24. The van der Waals surface area contributed by atoms with Gasteiger partial charge in [-0.3, -0.25) is 14.5 Å². The summed E-state index contributed by atoms with van der Waals surface area (Å²) >= 11 is 1.39. The van der Waals surface area contributed by atoms with E-state index in [9.17, 15) is 14.0 Å². The van der Waals surface area contributed by atoms with Crippen molar-refractivity contribution in [2.24, 2.45) is 5.92 Å². The Bertz CT molecular complexity index is 1460. The normalized spacial score (nSPS) is 13.2. The molecule has 5 rings (SSSR count). The Morgan fingerprint density at radius 1 is 1.10 bits per heavy atom. The number of nitrogens with zero attached hydrogens (tertiary/aromatic N) is 5. The van der Waals surface area contributed by atoms with Crippen LogP contribution in [0.25, 0.3) is 11.4 Å². The van der Waals surface area contributed by atoms with E-state index >= 15 is 0 Å². The molecule has 0 saturated carbocycles. The van der Waals surface area contributed by atoms with Gasteiger partial charge in [0.25, 0.3) is 5.91 Å². The summed E-state index contributed by atoms with van der Waals surface area (Å²) in [6, 6.07) is 13.6. The maximum atomic E-state index is 14.0. The Morgan fingerprint density at radius 2 is 1.88 bits per heavy atom. The summed E-state index contributed by atoms with van der Waals surface area (Å²) in [7, 11) is 0. The average molecular weight is 565 g/mol. The van der Waals surface area contributed by atoms with E-state index in [2.05, 4.69) is 34.6 Å². The molecule has 10 nitrogen and oxygen atoms in total. The number of benzene rings is 2. The van der Waals surface area contributed by atoms with Gasteiger partial charge in [0.2, 0.25) is 11.7 Å². The van der Waals surface area contributed by atoms with E-state index in [0.717, 1.165) is 11.2 Å². The number of anilines is 1. The highest BCUT2D eigenvalue weighted by atomic mass is 32.1. The second kappa shape index (κ2) is 12.2. The van der Waals surface area contributed by atoms with Gasteiger partial charge in [-0.25, -0.2) is 4.39 Å². The third-order valence-corrected chi connectivity index (χ3v) is 7.17. The molecule has 0 radical (unpaired) electrons. The van der Waals surface area contributed by atoms with Crippen LogP contribution < -0.4 is 19.7 Å². The molecule has 0 spiro atoms. The van der Waals surface area contributed by atoms with Crippen molar-refractivity contribution in [3.63, 3.8) is 0 Å². The topological polar surface area (TPSA) is 111 Å². The van der Waals surface area contributed by atoms with Gasteiger partial charge in [0.1, 0.15) is 31.6 Å². The molecule has 0 unspecified atom stereocenters. The molecule has 0 fully saturated rings. The minimum atomic E-state index is -0.942. The smallest absolute Gasteiger partial charge is 0.251 e. The standard InChI is InChI=1S/C28H29FN6O4S/c1-18(2)11-12-30-28(37)26(24-4-3-15-40-24)35(21-9-10-22-23(16-21)39-14-13-38-22)25(36)17-34-32-27(31-33-34)19-5-7-20(29)8-6-19/h3-10,15-16,18,26H,11-14,17H2,1-2H3,(H,30,37)/t26-/m1/s1. The van der Waals surface area contributed by atoms with Crippen molar-refractivity contribution in [3.05, 3.63) is 70.7 Å². The first kappa shape index (κ1) is 27.3. The number of tetrazole rings is 1. The summed E-state index contributed by atoms with van der Waals surface area (Å²) in [5.74, 6) is 0.599. The van der Waals surface area contributed by atoms with Crippen LogP contribution in [0.5, 0.6) is 11.5 Å². The number of hydrogen-bond donors (Lipinski definition) is 1. The van der Waals surface area contributed by atoms with Crippen LogP contribution in [0.1, 0.15) is 31.2 Å². The van der Waals surface area contributed by atoms with Crippen LogP contribution in [0.3, 0.4) is 0 Å². The fourth-order valence-electron chi connectivity index (χ4n) is 4.24. The molecule has 12 heteroatoms. The monoisotopic (exact) mass is 564 g/mol. The highest BCUT2D eigenvalue weighted by Gasteiger charge is 2.34. The molecule has 2 aromatic heterocycles. The van der Waals surface area contributed by atoms with Crippen molar-refractivity contribution in [1.29, 1.82) is 0 Å². The lowest BCUT2D eigenvalue weighted by Crippen LogP contribution is -2.45. The predicted molar refractivity (Wildman–Crippen MR) is 148 cm³/mol. The molecule has 40 heavy (non-hydrogen) atoms. The molecule has 1 atom stereocenters. The number of nitrogens with one attached hydrogen (secondary N) is 1. The molecule has 2 amide bonds. The third kappa shape index (κ3) is 6.28. The van der Waals surface area contributed by atoms with Gasteiger partial charge in [-0.1, -0.05) is 19.9 Å². The summed E-state index contributed by atoms with van der Waals surface area (Å²) in [6.45, 7) is 5.17. The zero-order valence-corrected chi connectivity index (χ0v) is 22.9. The quantitative estimate of drug-likeness (QED) is 0.307. The zero-order valence-electron chi connectivity index (χ0n) is 22.1. The molecule has 3 heterocycles. The van der Waals surface area contributed by atoms with Crippen molar-refractivity contribution in [2.75, 3.05) is 24.7 Å². The first-order valence-corrected chi connectivity index (χ1v) is 13.8. The number of ether oxygens (including phenoxy) is 2. The first-order valence-electron chi connectivity index (χ1n) is 13.0. The lowest BCUT2D eigenvalue weighted by atomic mass is 10.1. The fourth-order valence-corrected chi connectivity index (χ4v) is 5.05. The van der Waals surface area contributed by atoms with Crippen molar-refractivity contribution in [3.8, 4) is 22.9 Å². The number of amides is 2. The average Bonchev–Trinajstić information content (AvgIpc) is 3.64. The van der Waals surface area contributed by atoms with Gasteiger partial charge in [0.15, 0.2) is 11.5 Å². The molecule has 1 aliphatic heterocycles. The molecule has 1 N–H and O–H groups in total. The molecule has 2 aromatic carbocycles. The van der Waals surface area contributed by atoms with E-state index in [-0.39, 0.29) is 24.1 Å². The van der Waals surface area contributed by atoms with Crippen LogP contribution in [-0.4, -0.2) is 51.8 Å². The van der Waals surface area contributed by atoms with E-state index < -0.39 is 11.9 Å². The molecule has 0 aliphatic carbocycles. The Balaban J connectivity index is 1.48. The number of halogens is 1. The Kier molecular flexibility index (Phi) is 8.34. The van der Waals surface area contributed by atoms with E-state index in [1.54, 1.807) is 18.2 Å². The summed E-state index contributed by atoms with van der Waals surface area (Å²) in [5.41, 5.74) is 1.02. The Hall–Kier alpha value is -4.32. The van der Waals surface area contributed by atoms with Crippen LogP contribution in [0, 0.1) is 11.7 Å². The van der Waals surface area contributed by atoms with Crippen LogP contribution in [0.15, 0.2) is 60.0 Å². The van der Waals surface area contributed by atoms with Gasteiger partial charge in [-0.2, -0.15) is 4.80 Å². The minimum Gasteiger partial charge on any atom is -0.486 e. The molecule has 1 aliphatic rings. The lowest BCUT2D eigenvalue weighted by molar-refractivity contribution is -0.127. The van der Waals surface area contributed by atoms with Crippen molar-refractivity contribution >= 4 is 28.8 Å². The number of hydrogen-bond acceptors (Lipinski definition) is 8. The molecular weight excluding hydrogens is 535 g/mol. The number of fused-ring (bicyclic) bond motifs is 1. The van der Waals surface area contributed by atoms with Gasteiger partial charge >= 0.3 is 0 Å². The van der Waals surface area contributed by atoms with Gasteiger partial charge in [-0.15, -0.1) is 21.5 Å². The van der Waals surface area contributed by atoms with Crippen molar-refractivity contribution in [2.45, 2.75) is 32.9 Å². The highest BCUT2D eigenvalue weighted by Crippen LogP contribution is 2.38. The molecule has 0 saturated heterocycles. The van der Waals surface area contributed by atoms with E-state index in [4.69, 9.17) is 9.47 Å². The van der Waals surface area contributed by atoms with Crippen LogP contribution in [0.4, 0.5) is 10.1 Å². The van der Waals surface area contributed by atoms with E-state index in [0.29, 0.717) is 53.3 Å². The highest BCUT2D eigenvalue weighted by molar-refractivity contribution is 7.10. The number of thiophene rings is 1.